The second-order valence-corrected chi connectivity index (χ2v) is 7.07. The minimum Gasteiger partial charge on any atom is -0.494 e. The summed E-state index contributed by atoms with van der Waals surface area (Å²) in [6, 6.07) is 6.48. The SMILES string of the molecule is CCOc1ccc(S(=O)(=O)Cc2csc(C)n2)cc1. The van der Waals surface area contributed by atoms with E-state index in [4.69, 9.17) is 4.74 Å². The lowest BCUT2D eigenvalue weighted by atomic mass is 10.3. The molecule has 0 unspecified atom stereocenters. The highest BCUT2D eigenvalue weighted by Gasteiger charge is 2.17. The second-order valence-electron chi connectivity index (χ2n) is 4.02. The summed E-state index contributed by atoms with van der Waals surface area (Å²) in [5.41, 5.74) is 0.594. The molecular weight excluding hydrogens is 282 g/mol. The summed E-state index contributed by atoms with van der Waals surface area (Å²) < 4.78 is 29.7. The van der Waals surface area contributed by atoms with Gasteiger partial charge in [-0.05, 0) is 38.1 Å². The van der Waals surface area contributed by atoms with Crippen LogP contribution in [0.2, 0.25) is 0 Å². The van der Waals surface area contributed by atoms with E-state index in [0.717, 1.165) is 5.01 Å². The molecule has 0 bridgehead atoms. The summed E-state index contributed by atoms with van der Waals surface area (Å²) >= 11 is 1.45. The van der Waals surface area contributed by atoms with Crippen molar-refractivity contribution >= 4 is 21.2 Å². The number of aromatic nitrogens is 1. The molecule has 0 saturated heterocycles. The molecule has 102 valence electrons. The Bertz CT molecular complexity index is 645. The zero-order valence-corrected chi connectivity index (χ0v) is 12.4. The van der Waals surface area contributed by atoms with Gasteiger partial charge in [-0.2, -0.15) is 0 Å². The van der Waals surface area contributed by atoms with Gasteiger partial charge in [0, 0.05) is 5.38 Å². The van der Waals surface area contributed by atoms with Crippen LogP contribution in [-0.2, 0) is 15.6 Å². The summed E-state index contributed by atoms with van der Waals surface area (Å²) in [6.07, 6.45) is 0. The summed E-state index contributed by atoms with van der Waals surface area (Å²) in [6.45, 7) is 4.30. The van der Waals surface area contributed by atoms with Crippen LogP contribution in [0.25, 0.3) is 0 Å². The molecule has 2 aromatic rings. The second kappa shape index (κ2) is 5.71. The Morgan fingerprint density at radius 1 is 1.26 bits per heavy atom. The molecule has 0 N–H and O–H groups in total. The Hall–Kier alpha value is -1.40. The molecule has 0 aliphatic carbocycles. The Morgan fingerprint density at radius 2 is 1.95 bits per heavy atom. The third-order valence-electron chi connectivity index (χ3n) is 2.50. The average Bonchev–Trinajstić information content (AvgIpc) is 2.75. The molecule has 0 saturated carbocycles. The molecular formula is C13H15NO3S2. The van der Waals surface area contributed by atoms with Crippen molar-refractivity contribution < 1.29 is 13.2 Å². The highest BCUT2D eigenvalue weighted by atomic mass is 32.2. The first kappa shape index (κ1) is 14.0. The third-order valence-corrected chi connectivity index (χ3v) is 4.99. The van der Waals surface area contributed by atoms with Gasteiger partial charge in [0.1, 0.15) is 5.75 Å². The number of hydrogen-bond acceptors (Lipinski definition) is 5. The summed E-state index contributed by atoms with van der Waals surface area (Å²) in [5.74, 6) is 0.608. The van der Waals surface area contributed by atoms with Crippen LogP contribution in [0, 0.1) is 6.92 Å². The maximum absolute atomic E-state index is 12.2. The molecule has 0 amide bonds. The van der Waals surface area contributed by atoms with Crippen LogP contribution in [-0.4, -0.2) is 20.0 Å². The highest BCUT2D eigenvalue weighted by molar-refractivity contribution is 7.90. The highest BCUT2D eigenvalue weighted by Crippen LogP contribution is 2.20. The largest absolute Gasteiger partial charge is 0.494 e. The van der Waals surface area contributed by atoms with Crippen LogP contribution in [0.1, 0.15) is 17.6 Å². The van der Waals surface area contributed by atoms with Gasteiger partial charge in [-0.3, -0.25) is 0 Å². The topological polar surface area (TPSA) is 56.3 Å². The first-order valence-corrected chi connectivity index (χ1v) is 8.41. The van der Waals surface area contributed by atoms with Crippen LogP contribution in [0.5, 0.6) is 5.75 Å². The molecule has 6 heteroatoms. The molecule has 4 nitrogen and oxygen atoms in total. The van der Waals surface area contributed by atoms with E-state index in [-0.39, 0.29) is 5.75 Å². The molecule has 0 radical (unpaired) electrons. The fourth-order valence-electron chi connectivity index (χ4n) is 1.66. The minimum atomic E-state index is -3.34. The van der Waals surface area contributed by atoms with Crippen molar-refractivity contribution in [3.05, 3.63) is 40.3 Å². The quantitative estimate of drug-likeness (QED) is 0.851. The molecule has 0 spiro atoms. The van der Waals surface area contributed by atoms with E-state index >= 15 is 0 Å². The average molecular weight is 297 g/mol. The van der Waals surface area contributed by atoms with Crippen molar-refractivity contribution in [2.75, 3.05) is 6.61 Å². The van der Waals surface area contributed by atoms with Crippen LogP contribution in [0.15, 0.2) is 34.5 Å². The zero-order chi connectivity index (χ0) is 13.9. The number of benzene rings is 1. The van der Waals surface area contributed by atoms with Crippen LogP contribution >= 0.6 is 11.3 Å². The Labute approximate surface area is 117 Å². The standard InChI is InChI=1S/C13H15NO3S2/c1-3-17-12-4-6-13(7-5-12)19(15,16)9-11-8-18-10(2)14-11/h4-8H,3,9H2,1-2H3. The lowest BCUT2D eigenvalue weighted by Crippen LogP contribution is -2.05. The van der Waals surface area contributed by atoms with Crippen molar-refractivity contribution in [1.82, 2.24) is 4.98 Å². The van der Waals surface area contributed by atoms with Gasteiger partial charge in [-0.1, -0.05) is 0 Å². The van der Waals surface area contributed by atoms with Gasteiger partial charge in [0.15, 0.2) is 9.84 Å². The third kappa shape index (κ3) is 3.54. The molecule has 2 rings (SSSR count). The van der Waals surface area contributed by atoms with Gasteiger partial charge in [-0.15, -0.1) is 11.3 Å². The van der Waals surface area contributed by atoms with E-state index in [9.17, 15) is 8.42 Å². The van der Waals surface area contributed by atoms with E-state index in [1.807, 2.05) is 13.8 Å². The van der Waals surface area contributed by atoms with Gasteiger partial charge in [0.2, 0.25) is 0 Å². The van der Waals surface area contributed by atoms with Gasteiger partial charge in [0.05, 0.1) is 28.0 Å². The maximum atomic E-state index is 12.2. The lowest BCUT2D eigenvalue weighted by Gasteiger charge is -2.05. The molecule has 19 heavy (non-hydrogen) atoms. The Kier molecular flexibility index (Phi) is 4.21. The molecule has 1 aromatic heterocycles. The summed E-state index contributed by atoms with van der Waals surface area (Å²) in [7, 11) is -3.34. The molecule has 0 fully saturated rings. The number of thiazole rings is 1. The molecule has 0 aliphatic heterocycles. The number of rotatable bonds is 5. The minimum absolute atomic E-state index is 0.0642. The normalized spacial score (nSPS) is 11.5. The van der Waals surface area contributed by atoms with Crippen LogP contribution in [0.3, 0.4) is 0 Å². The van der Waals surface area contributed by atoms with Gasteiger partial charge in [0.25, 0.3) is 0 Å². The van der Waals surface area contributed by atoms with Gasteiger partial charge < -0.3 is 4.74 Å². The van der Waals surface area contributed by atoms with E-state index in [2.05, 4.69) is 4.98 Å². The van der Waals surface area contributed by atoms with Crippen molar-refractivity contribution in [2.24, 2.45) is 0 Å². The Morgan fingerprint density at radius 3 is 2.47 bits per heavy atom. The fourth-order valence-corrected chi connectivity index (χ4v) is 3.64. The zero-order valence-electron chi connectivity index (χ0n) is 10.8. The van der Waals surface area contributed by atoms with E-state index in [1.54, 1.807) is 29.6 Å². The molecule has 0 atom stereocenters. The number of aryl methyl sites for hydroxylation is 1. The van der Waals surface area contributed by atoms with Crippen LogP contribution < -0.4 is 4.74 Å². The number of sulfone groups is 1. The first-order valence-electron chi connectivity index (χ1n) is 5.88. The maximum Gasteiger partial charge on any atom is 0.184 e. The number of hydrogen-bond donors (Lipinski definition) is 0. The molecule has 0 aliphatic rings. The number of nitrogens with zero attached hydrogens (tertiary/aromatic N) is 1. The van der Waals surface area contributed by atoms with E-state index < -0.39 is 9.84 Å². The fraction of sp³-hybridized carbons (Fsp3) is 0.308. The molecule has 1 heterocycles. The van der Waals surface area contributed by atoms with Gasteiger partial charge in [-0.25, -0.2) is 13.4 Å². The summed E-state index contributed by atoms with van der Waals surface area (Å²) in [5, 5.41) is 2.65. The van der Waals surface area contributed by atoms with E-state index in [0.29, 0.717) is 22.9 Å². The van der Waals surface area contributed by atoms with Crippen molar-refractivity contribution in [1.29, 1.82) is 0 Å². The van der Waals surface area contributed by atoms with Crippen molar-refractivity contribution in [3.8, 4) is 5.75 Å². The summed E-state index contributed by atoms with van der Waals surface area (Å²) in [4.78, 5) is 4.48. The van der Waals surface area contributed by atoms with Crippen LogP contribution in [0.4, 0.5) is 0 Å². The first-order chi connectivity index (χ1) is 9.01. The van der Waals surface area contributed by atoms with E-state index in [1.165, 1.54) is 11.3 Å². The smallest absolute Gasteiger partial charge is 0.184 e. The van der Waals surface area contributed by atoms with Gasteiger partial charge >= 0.3 is 0 Å². The Balaban J connectivity index is 2.19. The lowest BCUT2D eigenvalue weighted by molar-refractivity contribution is 0.340. The number of ether oxygens (including phenoxy) is 1. The predicted octanol–water partition coefficient (Wildman–Crippen LogP) is 2.82. The van der Waals surface area contributed by atoms with Crippen molar-refractivity contribution in [2.45, 2.75) is 24.5 Å². The monoisotopic (exact) mass is 297 g/mol. The molecule has 1 aromatic carbocycles. The van der Waals surface area contributed by atoms with Crippen molar-refractivity contribution in [3.63, 3.8) is 0 Å². The predicted molar refractivity (Wildman–Crippen MR) is 75.4 cm³/mol.